The number of nitrogens with zero attached hydrogens (tertiary/aromatic N) is 3. The largest absolute Gasteiger partial charge is 0.569 e. The van der Waals surface area contributed by atoms with E-state index in [1.807, 2.05) is 20.8 Å². The summed E-state index contributed by atoms with van der Waals surface area (Å²) in [6.07, 6.45) is 2.65. The van der Waals surface area contributed by atoms with Gasteiger partial charge in [-0.3, -0.25) is 0 Å². The third kappa shape index (κ3) is 4.38. The number of hydrogen-bond acceptors (Lipinski definition) is 4. The predicted molar refractivity (Wildman–Crippen MR) is 62.9 cm³/mol. The molecule has 0 aromatic carbocycles. The summed E-state index contributed by atoms with van der Waals surface area (Å²) in [6.45, 7) is 5.76. The zero-order valence-electron chi connectivity index (χ0n) is 11.1. The zero-order valence-corrected chi connectivity index (χ0v) is 11.1. The van der Waals surface area contributed by atoms with Crippen LogP contribution in [0.1, 0.15) is 46.5 Å². The monoisotopic (exact) mass is 245 g/mol. The molecule has 6 nitrogen and oxygen atoms in total. The summed E-state index contributed by atoms with van der Waals surface area (Å²) < 4.78 is 0. The lowest BCUT2D eigenvalue weighted by atomic mass is 9.95. The van der Waals surface area contributed by atoms with Crippen LogP contribution in [0.25, 0.3) is 0 Å². The van der Waals surface area contributed by atoms with E-state index in [2.05, 4.69) is 5.28 Å². The molecule has 0 aromatic heterocycles. The van der Waals surface area contributed by atoms with Gasteiger partial charge in [0.1, 0.15) is 6.10 Å². The maximum absolute atomic E-state index is 11.6. The number of hydrazine groups is 1. The molecule has 0 radical (unpaired) electrons. The highest BCUT2D eigenvalue weighted by Crippen LogP contribution is 2.21. The molecule has 0 spiro atoms. The molecule has 0 amide bonds. The van der Waals surface area contributed by atoms with Crippen molar-refractivity contribution in [2.45, 2.75) is 64.2 Å². The second-order valence-electron chi connectivity index (χ2n) is 5.56. The Labute approximate surface area is 102 Å². The molecule has 0 aromatic rings. The maximum atomic E-state index is 11.6. The third-order valence-corrected chi connectivity index (χ3v) is 3.14. The first kappa shape index (κ1) is 14.0. The van der Waals surface area contributed by atoms with Crippen molar-refractivity contribution in [3.63, 3.8) is 0 Å². The Morgan fingerprint density at radius 2 is 1.82 bits per heavy atom. The van der Waals surface area contributed by atoms with E-state index in [1.165, 1.54) is 5.01 Å². The van der Waals surface area contributed by atoms with E-state index in [0.717, 1.165) is 12.8 Å². The van der Waals surface area contributed by atoms with E-state index in [4.69, 9.17) is 4.84 Å². The molecule has 1 aliphatic rings. The highest BCUT2D eigenvalue weighted by atomic mass is 16.7. The highest BCUT2D eigenvalue weighted by Gasteiger charge is 2.25. The Morgan fingerprint density at radius 3 is 2.29 bits per heavy atom. The average molecular weight is 245 g/mol. The van der Waals surface area contributed by atoms with Crippen LogP contribution in [0.4, 0.5) is 0 Å². The van der Waals surface area contributed by atoms with Gasteiger partial charge in [0.05, 0.1) is 23.7 Å². The molecule has 17 heavy (non-hydrogen) atoms. The molecule has 0 saturated heterocycles. The van der Waals surface area contributed by atoms with E-state index in [-0.39, 0.29) is 17.7 Å². The van der Waals surface area contributed by atoms with Gasteiger partial charge in [-0.1, -0.05) is 0 Å². The molecule has 100 valence electrons. The van der Waals surface area contributed by atoms with Crippen molar-refractivity contribution < 1.29 is 14.9 Å². The van der Waals surface area contributed by atoms with Crippen LogP contribution in [0.3, 0.4) is 0 Å². The van der Waals surface area contributed by atoms with Crippen LogP contribution in [-0.2, 0) is 4.84 Å². The van der Waals surface area contributed by atoms with Gasteiger partial charge in [0.25, 0.3) is 0 Å². The Bertz CT molecular complexity index is 268. The van der Waals surface area contributed by atoms with Crippen molar-refractivity contribution in [3.05, 3.63) is 5.21 Å². The van der Waals surface area contributed by atoms with Gasteiger partial charge >= 0.3 is 0 Å². The lowest BCUT2D eigenvalue weighted by Gasteiger charge is -2.27. The van der Waals surface area contributed by atoms with Crippen molar-refractivity contribution in [1.29, 1.82) is 0 Å². The van der Waals surface area contributed by atoms with Gasteiger partial charge in [-0.25, -0.2) is 0 Å². The summed E-state index contributed by atoms with van der Waals surface area (Å²) in [6, 6.07) is 0. The van der Waals surface area contributed by atoms with Crippen molar-refractivity contribution in [2.24, 2.45) is 5.28 Å². The first-order chi connectivity index (χ1) is 7.80. The summed E-state index contributed by atoms with van der Waals surface area (Å²) in [5, 5.41) is 26.0. The predicted octanol–water partition coefficient (Wildman–Crippen LogP) is 1.83. The average Bonchev–Trinajstić information content (AvgIpc) is 2.25. The van der Waals surface area contributed by atoms with Gasteiger partial charge in [0, 0.05) is 0 Å². The molecule has 1 saturated carbocycles. The highest BCUT2D eigenvalue weighted by molar-refractivity contribution is 4.70. The second-order valence-corrected chi connectivity index (χ2v) is 5.56. The second kappa shape index (κ2) is 5.53. The normalized spacial score (nSPS) is 26.8. The zero-order chi connectivity index (χ0) is 13.1. The molecule has 1 fully saturated rings. The van der Waals surface area contributed by atoms with Crippen molar-refractivity contribution in [2.75, 3.05) is 7.05 Å². The fourth-order valence-corrected chi connectivity index (χ4v) is 1.57. The quantitative estimate of drug-likeness (QED) is 0.468. The molecule has 0 heterocycles. The third-order valence-electron chi connectivity index (χ3n) is 3.14. The van der Waals surface area contributed by atoms with E-state index < -0.39 is 0 Å². The van der Waals surface area contributed by atoms with Crippen molar-refractivity contribution in [1.82, 2.24) is 5.01 Å². The van der Waals surface area contributed by atoms with Crippen LogP contribution >= 0.6 is 0 Å². The van der Waals surface area contributed by atoms with Gasteiger partial charge < -0.3 is 15.2 Å². The van der Waals surface area contributed by atoms with E-state index in [1.54, 1.807) is 7.05 Å². The molecule has 6 heteroatoms. The smallest absolute Gasteiger partial charge is 0.233 e. The number of hydrogen-bond donors (Lipinski definition) is 1. The summed E-state index contributed by atoms with van der Waals surface area (Å²) in [5.41, 5.74) is -0.294. The first-order valence-corrected chi connectivity index (χ1v) is 6.06. The number of aliphatic hydroxyl groups excluding tert-OH is 1. The summed E-state index contributed by atoms with van der Waals surface area (Å²) in [7, 11) is 1.67. The van der Waals surface area contributed by atoms with Crippen molar-refractivity contribution >= 4 is 0 Å². The van der Waals surface area contributed by atoms with Crippen LogP contribution in [0.15, 0.2) is 5.28 Å². The molecule has 0 bridgehead atoms. The topological polar surface area (TPSA) is 71.1 Å². The number of rotatable bonds is 3. The summed E-state index contributed by atoms with van der Waals surface area (Å²) in [4.78, 5) is 5.67. The lowest BCUT2D eigenvalue weighted by Crippen LogP contribution is -2.42. The van der Waals surface area contributed by atoms with Gasteiger partial charge in [0.2, 0.25) is 5.28 Å². The fourth-order valence-electron chi connectivity index (χ4n) is 1.57. The van der Waals surface area contributed by atoms with Crippen molar-refractivity contribution in [3.8, 4) is 0 Å². The first-order valence-electron chi connectivity index (χ1n) is 6.06. The number of aliphatic hydroxyl groups is 1. The lowest BCUT2D eigenvalue weighted by molar-refractivity contribution is -0.720. The van der Waals surface area contributed by atoms with Crippen LogP contribution < -0.4 is 0 Å². The Hall–Kier alpha value is -1.04. The van der Waals surface area contributed by atoms with Gasteiger partial charge in [-0.05, 0) is 46.5 Å². The van der Waals surface area contributed by atoms with Gasteiger partial charge in [-0.15, -0.1) is 5.01 Å². The van der Waals surface area contributed by atoms with Crippen LogP contribution in [-0.4, -0.2) is 39.9 Å². The minimum absolute atomic E-state index is 0.0526. The van der Waals surface area contributed by atoms with Gasteiger partial charge in [-0.2, -0.15) is 0 Å². The molecule has 0 atom stereocenters. The molecule has 1 rings (SSSR count). The van der Waals surface area contributed by atoms with Crippen LogP contribution in [0.5, 0.6) is 0 Å². The molecular weight excluding hydrogens is 222 g/mol. The van der Waals surface area contributed by atoms with Gasteiger partial charge in [0.15, 0.2) is 0 Å². The SMILES string of the molecule is CN(/[N+]([O-])=N/O[C@H]1CC[C@H](O)CC1)C(C)(C)C. The van der Waals surface area contributed by atoms with E-state index >= 15 is 0 Å². The summed E-state index contributed by atoms with van der Waals surface area (Å²) in [5.74, 6) is 0. The molecule has 0 unspecified atom stereocenters. The minimum atomic E-state index is -0.294. The van der Waals surface area contributed by atoms with E-state index in [0.29, 0.717) is 17.8 Å². The van der Waals surface area contributed by atoms with Crippen LogP contribution in [0.2, 0.25) is 0 Å². The maximum Gasteiger partial charge on any atom is 0.233 e. The fraction of sp³-hybridized carbons (Fsp3) is 1.00. The Morgan fingerprint density at radius 1 is 1.29 bits per heavy atom. The Kier molecular flexibility index (Phi) is 4.56. The standard InChI is InChI=1S/C11H23N3O3/c1-11(2,3)13(4)14(16)12-17-10-7-5-9(15)6-8-10/h9-10,15H,5-8H2,1-4H3/b14-12-/t9-,10-. The molecule has 1 N–H and O–H groups in total. The molecule has 0 aliphatic heterocycles. The minimum Gasteiger partial charge on any atom is -0.569 e. The molecular formula is C11H23N3O3. The molecule has 1 aliphatic carbocycles. The van der Waals surface area contributed by atoms with E-state index in [9.17, 15) is 10.3 Å². The van der Waals surface area contributed by atoms with Crippen LogP contribution in [0, 0.1) is 5.21 Å². The Balaban J connectivity index is 2.42. The summed E-state index contributed by atoms with van der Waals surface area (Å²) >= 11 is 0.